The van der Waals surface area contributed by atoms with Crippen molar-refractivity contribution in [3.8, 4) is 0 Å². The fourth-order valence-electron chi connectivity index (χ4n) is 1.69. The number of carbonyl (C=O) groups excluding carboxylic acids is 2. The van der Waals surface area contributed by atoms with Crippen LogP contribution in [0.5, 0.6) is 0 Å². The first-order chi connectivity index (χ1) is 9.69. The molecule has 0 radical (unpaired) electrons. The number of halogens is 1. The third-order valence-corrected chi connectivity index (χ3v) is 3.55. The third kappa shape index (κ3) is 5.87. The first-order valence-corrected chi connectivity index (χ1v) is 7.88. The van der Waals surface area contributed by atoms with Crippen molar-refractivity contribution < 1.29 is 19.2 Å². The van der Waals surface area contributed by atoms with Gasteiger partial charge in [0, 0.05) is 0 Å². The van der Waals surface area contributed by atoms with Crippen LogP contribution in [-0.2, 0) is 25.8 Å². The number of alkyl halides is 1. The number of hydrogen-bond donors (Lipinski definition) is 1. The lowest BCUT2D eigenvalue weighted by molar-refractivity contribution is -0.163. The average molecular weight is 391 g/mol. The summed E-state index contributed by atoms with van der Waals surface area (Å²) in [5.41, 5.74) is 0.868. The second-order valence-electron chi connectivity index (χ2n) is 4.27. The van der Waals surface area contributed by atoms with Gasteiger partial charge >= 0.3 is 11.9 Å². The number of unbranched alkanes of at least 4 members (excludes halogenated alkanes) is 1. The maximum Gasteiger partial charge on any atom is 0.338 e. The molecule has 5 nitrogen and oxygen atoms in total. The van der Waals surface area contributed by atoms with Gasteiger partial charge in [0.1, 0.15) is 6.61 Å². The predicted octanol–water partition coefficient (Wildman–Crippen LogP) is 2.37. The van der Waals surface area contributed by atoms with Crippen molar-refractivity contribution in [1.82, 2.24) is 0 Å². The van der Waals surface area contributed by atoms with Crippen LogP contribution in [0.4, 0.5) is 0 Å². The molecule has 110 valence electrons. The van der Waals surface area contributed by atoms with Crippen molar-refractivity contribution in [2.45, 2.75) is 25.9 Å². The molecule has 0 aliphatic heterocycles. The summed E-state index contributed by atoms with van der Waals surface area (Å²) in [6.07, 6.45) is 2.08. The smallest absolute Gasteiger partial charge is 0.338 e. The molecule has 0 saturated heterocycles. The van der Waals surface area contributed by atoms with E-state index in [9.17, 15) is 9.59 Å². The third-order valence-electron chi connectivity index (χ3n) is 2.79. The van der Waals surface area contributed by atoms with Gasteiger partial charge < -0.3 is 9.57 Å². The fourth-order valence-corrected chi connectivity index (χ4v) is 2.23. The summed E-state index contributed by atoms with van der Waals surface area (Å²) in [4.78, 5) is 27.6. The van der Waals surface area contributed by atoms with E-state index in [4.69, 9.17) is 10.6 Å². The monoisotopic (exact) mass is 391 g/mol. The molecule has 20 heavy (non-hydrogen) atoms. The minimum Gasteiger partial charge on any atom is -0.460 e. The van der Waals surface area contributed by atoms with E-state index in [2.05, 4.69) is 27.4 Å². The fraction of sp³-hybridized carbons (Fsp3) is 0.429. The van der Waals surface area contributed by atoms with Gasteiger partial charge in [0.25, 0.3) is 0 Å². The van der Waals surface area contributed by atoms with Crippen molar-refractivity contribution in [3.05, 3.63) is 35.9 Å². The van der Waals surface area contributed by atoms with E-state index in [1.54, 1.807) is 0 Å². The molecule has 1 atom stereocenters. The van der Waals surface area contributed by atoms with Crippen molar-refractivity contribution >= 4 is 34.5 Å². The molecular formula is C14H18INO4. The molecule has 0 fully saturated rings. The van der Waals surface area contributed by atoms with E-state index in [1.165, 1.54) is 0 Å². The molecule has 0 aliphatic rings. The van der Waals surface area contributed by atoms with Crippen LogP contribution in [0.1, 0.15) is 24.8 Å². The number of nitrogens with two attached hydrogens (primary N) is 1. The molecule has 0 amide bonds. The highest BCUT2D eigenvalue weighted by atomic mass is 127. The van der Waals surface area contributed by atoms with Crippen LogP contribution in [0.2, 0.25) is 0 Å². The number of esters is 1. The summed E-state index contributed by atoms with van der Waals surface area (Å²) in [7, 11) is 0. The molecule has 0 bridgehead atoms. The molecule has 0 aromatic heterocycles. The molecule has 2 N–H and O–H groups in total. The summed E-state index contributed by atoms with van der Waals surface area (Å²) >= 11 is 2.25. The maximum atomic E-state index is 11.9. The first-order valence-electron chi connectivity index (χ1n) is 6.36. The number of ether oxygens (including phenoxy) is 1. The zero-order valence-electron chi connectivity index (χ0n) is 11.1. The van der Waals surface area contributed by atoms with Crippen LogP contribution in [0.15, 0.2) is 30.3 Å². The quantitative estimate of drug-likeness (QED) is 0.184. The SMILES string of the molecule is NOC(=O)[C@H](CCCCI)C(=O)OCc1ccccc1. The summed E-state index contributed by atoms with van der Waals surface area (Å²) < 4.78 is 6.12. The standard InChI is InChI=1S/C14H18INO4/c15-9-5-4-8-12(14(18)20-16)13(17)19-10-11-6-2-1-3-7-11/h1-3,6-7,12H,4-5,8-10,16H2/t12-/m1/s1. The van der Waals surface area contributed by atoms with Gasteiger partial charge in [-0.15, -0.1) is 0 Å². The van der Waals surface area contributed by atoms with Crippen LogP contribution < -0.4 is 5.90 Å². The Labute approximate surface area is 131 Å². The Morgan fingerprint density at radius 3 is 2.45 bits per heavy atom. The summed E-state index contributed by atoms with van der Waals surface area (Å²) in [5, 5.41) is 0. The lowest BCUT2D eigenvalue weighted by atomic mass is 10.0. The number of benzene rings is 1. The molecule has 0 saturated carbocycles. The average Bonchev–Trinajstić information content (AvgIpc) is 2.49. The lowest BCUT2D eigenvalue weighted by Crippen LogP contribution is -2.29. The van der Waals surface area contributed by atoms with Crippen molar-refractivity contribution in [1.29, 1.82) is 0 Å². The first kappa shape index (κ1) is 16.9. The van der Waals surface area contributed by atoms with Crippen LogP contribution in [-0.4, -0.2) is 16.4 Å². The largest absolute Gasteiger partial charge is 0.460 e. The predicted molar refractivity (Wildman–Crippen MR) is 82.7 cm³/mol. The van der Waals surface area contributed by atoms with Gasteiger partial charge in [-0.05, 0) is 22.8 Å². The second-order valence-corrected chi connectivity index (χ2v) is 5.35. The molecule has 6 heteroatoms. The zero-order valence-corrected chi connectivity index (χ0v) is 13.2. The Kier molecular flexibility index (Phi) is 8.20. The van der Waals surface area contributed by atoms with Gasteiger partial charge in [0.15, 0.2) is 5.92 Å². The minimum atomic E-state index is -0.938. The molecular weight excluding hydrogens is 373 g/mol. The van der Waals surface area contributed by atoms with Gasteiger partial charge in [-0.25, -0.2) is 4.79 Å². The Balaban J connectivity index is 2.52. The van der Waals surface area contributed by atoms with Crippen LogP contribution in [0, 0.1) is 5.92 Å². The Morgan fingerprint density at radius 2 is 1.85 bits per heavy atom. The number of hydrogen-bond acceptors (Lipinski definition) is 5. The summed E-state index contributed by atoms with van der Waals surface area (Å²) in [5.74, 6) is 2.60. The molecule has 0 heterocycles. The zero-order chi connectivity index (χ0) is 14.8. The van der Waals surface area contributed by atoms with E-state index in [-0.39, 0.29) is 6.61 Å². The molecule has 0 unspecified atom stereocenters. The van der Waals surface area contributed by atoms with E-state index < -0.39 is 17.9 Å². The van der Waals surface area contributed by atoms with Crippen LogP contribution in [0.25, 0.3) is 0 Å². The van der Waals surface area contributed by atoms with Gasteiger partial charge in [-0.3, -0.25) is 4.79 Å². The maximum absolute atomic E-state index is 11.9. The van der Waals surface area contributed by atoms with Crippen molar-refractivity contribution in [2.24, 2.45) is 11.8 Å². The van der Waals surface area contributed by atoms with E-state index in [0.717, 1.165) is 22.8 Å². The molecule has 0 aliphatic carbocycles. The van der Waals surface area contributed by atoms with Gasteiger partial charge in [0.2, 0.25) is 0 Å². The summed E-state index contributed by atoms with van der Waals surface area (Å²) in [6.45, 7) is 0.139. The lowest BCUT2D eigenvalue weighted by Gasteiger charge is -2.13. The van der Waals surface area contributed by atoms with Gasteiger partial charge in [-0.2, -0.15) is 5.90 Å². The number of rotatable bonds is 8. The molecule has 1 rings (SSSR count). The van der Waals surface area contributed by atoms with E-state index in [0.29, 0.717) is 6.42 Å². The number of carbonyl (C=O) groups is 2. The molecule has 1 aromatic rings. The van der Waals surface area contributed by atoms with Gasteiger partial charge in [0.05, 0.1) is 0 Å². The highest BCUT2D eigenvalue weighted by Crippen LogP contribution is 2.14. The highest BCUT2D eigenvalue weighted by Gasteiger charge is 2.29. The minimum absolute atomic E-state index is 0.139. The van der Waals surface area contributed by atoms with Crippen molar-refractivity contribution in [2.75, 3.05) is 4.43 Å². The Hall–Kier alpha value is -1.15. The van der Waals surface area contributed by atoms with Crippen LogP contribution in [0.3, 0.4) is 0 Å². The molecule has 0 spiro atoms. The van der Waals surface area contributed by atoms with E-state index in [1.807, 2.05) is 30.3 Å². The topological polar surface area (TPSA) is 78.6 Å². The second kappa shape index (κ2) is 9.71. The van der Waals surface area contributed by atoms with Gasteiger partial charge in [-0.1, -0.05) is 59.3 Å². The van der Waals surface area contributed by atoms with Crippen LogP contribution >= 0.6 is 22.6 Å². The summed E-state index contributed by atoms with van der Waals surface area (Å²) in [6, 6.07) is 9.29. The molecule has 1 aromatic carbocycles. The highest BCUT2D eigenvalue weighted by molar-refractivity contribution is 14.1. The Morgan fingerprint density at radius 1 is 1.15 bits per heavy atom. The van der Waals surface area contributed by atoms with E-state index >= 15 is 0 Å². The normalized spacial score (nSPS) is 11.7. The van der Waals surface area contributed by atoms with Crippen molar-refractivity contribution in [3.63, 3.8) is 0 Å². The Bertz CT molecular complexity index is 424.